The van der Waals surface area contributed by atoms with Gasteiger partial charge in [0.25, 0.3) is 0 Å². The van der Waals surface area contributed by atoms with Gasteiger partial charge in [-0.3, -0.25) is 0 Å². The fourth-order valence-corrected chi connectivity index (χ4v) is 4.85. The molecule has 0 bridgehead atoms. The summed E-state index contributed by atoms with van der Waals surface area (Å²) in [5, 5.41) is 5.78. The molecule has 1 unspecified atom stereocenters. The molecule has 0 aliphatic carbocycles. The molecule has 1 aromatic heterocycles. The molecule has 0 saturated carbocycles. The van der Waals surface area contributed by atoms with E-state index >= 15 is 0 Å². The summed E-state index contributed by atoms with van der Waals surface area (Å²) in [5.41, 5.74) is 7.02. The molecular weight excluding hydrogens is 454 g/mol. The second kappa shape index (κ2) is 8.92. The molecule has 1 atom stereocenters. The SMILES string of the molecule is c1ccc(-c2cc(-c3ccccc3)nc(-c3ccc4c5c(ccc4c3)OC(c3ccccc3)N5)n2)cc1. The maximum Gasteiger partial charge on any atom is 0.196 e. The zero-order valence-corrected chi connectivity index (χ0v) is 20.0. The molecule has 7 rings (SSSR count). The highest BCUT2D eigenvalue weighted by Crippen LogP contribution is 2.43. The first-order valence-electron chi connectivity index (χ1n) is 12.4. The van der Waals surface area contributed by atoms with Gasteiger partial charge in [0.05, 0.1) is 17.1 Å². The number of benzene rings is 5. The van der Waals surface area contributed by atoms with Crippen molar-refractivity contribution in [1.29, 1.82) is 0 Å². The van der Waals surface area contributed by atoms with E-state index in [1.54, 1.807) is 0 Å². The number of nitrogens with zero attached hydrogens (tertiary/aromatic N) is 2. The summed E-state index contributed by atoms with van der Waals surface area (Å²) in [6, 6.07) is 43.3. The third-order valence-corrected chi connectivity index (χ3v) is 6.73. The van der Waals surface area contributed by atoms with Crippen molar-refractivity contribution in [1.82, 2.24) is 9.97 Å². The highest BCUT2D eigenvalue weighted by Gasteiger charge is 2.25. The summed E-state index contributed by atoms with van der Waals surface area (Å²) in [7, 11) is 0. The molecule has 1 aliphatic heterocycles. The lowest BCUT2D eigenvalue weighted by Crippen LogP contribution is -2.09. The molecule has 5 aromatic carbocycles. The normalized spacial score (nSPS) is 14.1. The molecule has 0 amide bonds. The smallest absolute Gasteiger partial charge is 0.196 e. The molecule has 176 valence electrons. The summed E-state index contributed by atoms with van der Waals surface area (Å²) in [6.07, 6.45) is -0.194. The quantitative estimate of drug-likeness (QED) is 0.278. The van der Waals surface area contributed by atoms with E-state index in [4.69, 9.17) is 14.7 Å². The van der Waals surface area contributed by atoms with Crippen LogP contribution in [0.1, 0.15) is 11.8 Å². The molecule has 1 aliphatic rings. The molecule has 1 N–H and O–H groups in total. The van der Waals surface area contributed by atoms with Gasteiger partial charge in [-0.25, -0.2) is 9.97 Å². The van der Waals surface area contributed by atoms with Crippen LogP contribution in [0.2, 0.25) is 0 Å². The largest absolute Gasteiger partial charge is 0.464 e. The third kappa shape index (κ3) is 3.99. The predicted octanol–water partition coefficient (Wildman–Crippen LogP) is 8.13. The fraction of sp³-hybridized carbons (Fsp3) is 0.0303. The number of fused-ring (bicyclic) bond motifs is 3. The van der Waals surface area contributed by atoms with Crippen LogP contribution in [-0.2, 0) is 0 Å². The predicted molar refractivity (Wildman–Crippen MR) is 149 cm³/mol. The standard InChI is InChI=1S/C33H23N3O/c1-4-10-22(11-5-1)28-21-29(23-12-6-2-7-13-23)35-32(34-28)26-16-18-27-25(20-26)17-19-30-31(27)36-33(37-30)24-14-8-3-9-15-24/h1-21,33,36H. The molecule has 0 spiro atoms. The van der Waals surface area contributed by atoms with E-state index < -0.39 is 0 Å². The Morgan fingerprint density at radius 3 is 1.84 bits per heavy atom. The van der Waals surface area contributed by atoms with Gasteiger partial charge in [0, 0.05) is 27.6 Å². The molecule has 37 heavy (non-hydrogen) atoms. The Labute approximate surface area is 215 Å². The minimum absolute atomic E-state index is 0.194. The van der Waals surface area contributed by atoms with Gasteiger partial charge in [-0.2, -0.15) is 0 Å². The Bertz CT molecular complexity index is 1660. The van der Waals surface area contributed by atoms with Crippen LogP contribution in [0.4, 0.5) is 5.69 Å². The number of hydrogen-bond acceptors (Lipinski definition) is 4. The number of rotatable bonds is 4. The van der Waals surface area contributed by atoms with Gasteiger partial charge in [0.2, 0.25) is 0 Å². The molecule has 0 fully saturated rings. The van der Waals surface area contributed by atoms with Crippen LogP contribution in [-0.4, -0.2) is 9.97 Å². The van der Waals surface area contributed by atoms with Gasteiger partial charge in [0.1, 0.15) is 5.75 Å². The summed E-state index contributed by atoms with van der Waals surface area (Å²) >= 11 is 0. The second-order valence-corrected chi connectivity index (χ2v) is 9.12. The second-order valence-electron chi connectivity index (χ2n) is 9.12. The fourth-order valence-electron chi connectivity index (χ4n) is 4.85. The Balaban J connectivity index is 1.31. The van der Waals surface area contributed by atoms with Crippen molar-refractivity contribution in [2.75, 3.05) is 5.32 Å². The van der Waals surface area contributed by atoms with E-state index in [0.717, 1.165) is 55.9 Å². The van der Waals surface area contributed by atoms with Crippen LogP contribution >= 0.6 is 0 Å². The van der Waals surface area contributed by atoms with Crippen molar-refractivity contribution >= 4 is 16.5 Å². The molecule has 6 aromatic rings. The molecule has 2 heterocycles. The third-order valence-electron chi connectivity index (χ3n) is 6.73. The van der Waals surface area contributed by atoms with E-state index in [2.05, 4.69) is 72.0 Å². The first kappa shape index (κ1) is 21.3. The number of aromatic nitrogens is 2. The minimum atomic E-state index is -0.194. The Hall–Kier alpha value is -4.96. The Kier molecular flexibility index (Phi) is 5.14. The zero-order valence-electron chi connectivity index (χ0n) is 20.0. The molecule has 4 nitrogen and oxygen atoms in total. The number of ether oxygens (including phenoxy) is 1. The van der Waals surface area contributed by atoms with Crippen molar-refractivity contribution < 1.29 is 4.74 Å². The van der Waals surface area contributed by atoms with Gasteiger partial charge in [-0.1, -0.05) is 109 Å². The number of hydrogen-bond donors (Lipinski definition) is 1. The van der Waals surface area contributed by atoms with Gasteiger partial charge in [-0.05, 0) is 23.6 Å². The maximum atomic E-state index is 6.21. The summed E-state index contributed by atoms with van der Waals surface area (Å²) in [6.45, 7) is 0. The lowest BCUT2D eigenvalue weighted by Gasteiger charge is -2.11. The van der Waals surface area contributed by atoms with Gasteiger partial charge < -0.3 is 10.1 Å². The Morgan fingerprint density at radius 2 is 1.19 bits per heavy atom. The van der Waals surface area contributed by atoms with Gasteiger partial charge in [0.15, 0.2) is 12.1 Å². The van der Waals surface area contributed by atoms with Crippen molar-refractivity contribution in [3.8, 4) is 39.7 Å². The lowest BCUT2D eigenvalue weighted by atomic mass is 10.0. The molecular formula is C33H23N3O. The van der Waals surface area contributed by atoms with Crippen molar-refractivity contribution in [2.45, 2.75) is 6.23 Å². The van der Waals surface area contributed by atoms with Crippen LogP contribution in [0.15, 0.2) is 127 Å². The van der Waals surface area contributed by atoms with Crippen LogP contribution in [0.5, 0.6) is 5.75 Å². The van der Waals surface area contributed by atoms with E-state index in [1.165, 1.54) is 0 Å². The first-order valence-corrected chi connectivity index (χ1v) is 12.4. The number of nitrogens with one attached hydrogen (secondary N) is 1. The lowest BCUT2D eigenvalue weighted by molar-refractivity contribution is 0.260. The first-order chi connectivity index (χ1) is 18.3. The molecule has 4 heteroatoms. The van der Waals surface area contributed by atoms with E-state index in [-0.39, 0.29) is 6.23 Å². The van der Waals surface area contributed by atoms with Crippen LogP contribution in [0.3, 0.4) is 0 Å². The summed E-state index contributed by atoms with van der Waals surface area (Å²) < 4.78 is 6.21. The maximum absolute atomic E-state index is 6.21. The van der Waals surface area contributed by atoms with Crippen LogP contribution < -0.4 is 10.1 Å². The highest BCUT2D eigenvalue weighted by atomic mass is 16.5. The van der Waals surface area contributed by atoms with Crippen LogP contribution in [0, 0.1) is 0 Å². The van der Waals surface area contributed by atoms with Crippen molar-refractivity contribution in [2.24, 2.45) is 0 Å². The van der Waals surface area contributed by atoms with E-state index in [9.17, 15) is 0 Å². The van der Waals surface area contributed by atoms with Crippen LogP contribution in [0.25, 0.3) is 44.7 Å². The van der Waals surface area contributed by atoms with E-state index in [0.29, 0.717) is 5.82 Å². The topological polar surface area (TPSA) is 47.0 Å². The van der Waals surface area contributed by atoms with Crippen molar-refractivity contribution in [3.05, 3.63) is 133 Å². The number of anilines is 1. The summed E-state index contributed by atoms with van der Waals surface area (Å²) in [5.74, 6) is 1.57. The zero-order chi connectivity index (χ0) is 24.6. The average Bonchev–Trinajstić information content (AvgIpc) is 3.43. The minimum Gasteiger partial charge on any atom is -0.464 e. The Morgan fingerprint density at radius 1 is 0.568 bits per heavy atom. The monoisotopic (exact) mass is 477 g/mol. The van der Waals surface area contributed by atoms with Crippen molar-refractivity contribution in [3.63, 3.8) is 0 Å². The van der Waals surface area contributed by atoms with Gasteiger partial charge in [-0.15, -0.1) is 0 Å². The molecule has 0 saturated heterocycles. The average molecular weight is 478 g/mol. The molecule has 0 radical (unpaired) electrons. The van der Waals surface area contributed by atoms with E-state index in [1.807, 2.05) is 60.7 Å². The summed E-state index contributed by atoms with van der Waals surface area (Å²) in [4.78, 5) is 9.96. The van der Waals surface area contributed by atoms with Gasteiger partial charge >= 0.3 is 0 Å². The highest BCUT2D eigenvalue weighted by molar-refractivity contribution is 5.99.